The molecule has 0 aromatic heterocycles. The van der Waals surface area contributed by atoms with Gasteiger partial charge in [0.25, 0.3) is 5.91 Å². The number of benzene rings is 2. The van der Waals surface area contributed by atoms with Crippen molar-refractivity contribution in [1.29, 1.82) is 0 Å². The first-order valence-electron chi connectivity index (χ1n) is 11.3. The summed E-state index contributed by atoms with van der Waals surface area (Å²) in [5.74, 6) is -0.514. The molecule has 2 bridgehead atoms. The summed E-state index contributed by atoms with van der Waals surface area (Å²) < 4.78 is 10.6. The largest absolute Gasteiger partial charge is 0.507 e. The van der Waals surface area contributed by atoms with E-state index in [4.69, 9.17) is 16.3 Å². The molecule has 0 radical (unpaired) electrons. The van der Waals surface area contributed by atoms with Crippen molar-refractivity contribution in [3.8, 4) is 17.2 Å². The van der Waals surface area contributed by atoms with Crippen LogP contribution in [0.3, 0.4) is 0 Å². The normalized spacial score (nSPS) is 20.6. The maximum Gasteiger partial charge on any atom is 0.397 e. The quantitative estimate of drug-likeness (QED) is 0.407. The molecule has 3 N–H and O–H groups in total. The molecule has 2 fully saturated rings. The highest BCUT2D eigenvalue weighted by Crippen LogP contribution is 2.44. The average molecular weight is 487 g/mol. The summed E-state index contributed by atoms with van der Waals surface area (Å²) >= 11 is 6.37. The molecule has 8 nitrogen and oxygen atoms in total. The van der Waals surface area contributed by atoms with Crippen molar-refractivity contribution >= 4 is 35.1 Å². The van der Waals surface area contributed by atoms with E-state index in [1.807, 2.05) is 0 Å². The zero-order chi connectivity index (χ0) is 24.4. The Morgan fingerprint density at radius 2 is 1.94 bits per heavy atom. The predicted octanol–water partition coefficient (Wildman–Crippen LogP) is 4.57. The molecule has 3 unspecified atom stereocenters. The fraction of sp³-hybridized carbons (Fsp3) is 0.400. The molecule has 0 aliphatic heterocycles. The third-order valence-corrected chi connectivity index (χ3v) is 6.72. The number of ether oxygens (including phenoxy) is 2. The first-order valence-corrected chi connectivity index (χ1v) is 11.7. The number of hydrogen-bond acceptors (Lipinski definition) is 6. The second-order valence-electron chi connectivity index (χ2n) is 8.81. The van der Waals surface area contributed by atoms with E-state index < -0.39 is 11.9 Å². The molecule has 2 amide bonds. The summed E-state index contributed by atoms with van der Waals surface area (Å²) in [7, 11) is 0. The van der Waals surface area contributed by atoms with Gasteiger partial charge in [-0.3, -0.25) is 9.59 Å². The molecular formula is C25H27ClN2O6. The van der Waals surface area contributed by atoms with E-state index in [2.05, 4.69) is 15.4 Å². The summed E-state index contributed by atoms with van der Waals surface area (Å²) in [5.41, 5.74) is 1.03. The fourth-order valence-electron chi connectivity index (χ4n) is 4.86. The van der Waals surface area contributed by atoms with Gasteiger partial charge in [-0.1, -0.05) is 18.0 Å². The molecule has 2 aliphatic rings. The molecule has 0 spiro atoms. The Morgan fingerprint density at radius 3 is 2.59 bits per heavy atom. The van der Waals surface area contributed by atoms with E-state index in [9.17, 15) is 19.5 Å². The lowest BCUT2D eigenvalue weighted by Crippen LogP contribution is -2.38. The number of carbonyl (C=O) groups excluding carboxylic acids is 3. The van der Waals surface area contributed by atoms with Crippen LogP contribution in [0.4, 0.5) is 5.69 Å². The zero-order valence-corrected chi connectivity index (χ0v) is 19.8. The Kier molecular flexibility index (Phi) is 6.97. The Hall–Kier alpha value is -3.26. The number of nitrogens with one attached hydrogen (secondary N) is 2. The van der Waals surface area contributed by atoms with Gasteiger partial charge in [-0.05, 0) is 80.8 Å². The van der Waals surface area contributed by atoms with Crippen molar-refractivity contribution in [3.63, 3.8) is 0 Å². The molecule has 34 heavy (non-hydrogen) atoms. The number of carbonyl (C=O) groups is 3. The molecule has 2 aliphatic carbocycles. The van der Waals surface area contributed by atoms with E-state index in [-0.39, 0.29) is 34.9 Å². The highest BCUT2D eigenvalue weighted by atomic mass is 35.5. The third kappa shape index (κ3) is 5.12. The van der Waals surface area contributed by atoms with Gasteiger partial charge in [-0.2, -0.15) is 0 Å². The van der Waals surface area contributed by atoms with Crippen LogP contribution in [0.2, 0.25) is 5.02 Å². The van der Waals surface area contributed by atoms with E-state index in [0.717, 1.165) is 19.3 Å². The van der Waals surface area contributed by atoms with Crippen LogP contribution in [0.1, 0.15) is 48.5 Å². The first kappa shape index (κ1) is 23.9. The number of fused-ring (bicyclic) bond motifs is 2. The predicted molar refractivity (Wildman–Crippen MR) is 126 cm³/mol. The highest BCUT2D eigenvalue weighted by Gasteiger charge is 2.40. The van der Waals surface area contributed by atoms with Crippen LogP contribution in [0.25, 0.3) is 0 Å². The van der Waals surface area contributed by atoms with Crippen molar-refractivity contribution in [2.45, 2.75) is 45.6 Å². The second kappa shape index (κ2) is 9.93. The lowest BCUT2D eigenvalue weighted by Gasteiger charge is -2.23. The summed E-state index contributed by atoms with van der Waals surface area (Å²) in [4.78, 5) is 36.3. The Bertz CT molecular complexity index is 1110. The lowest BCUT2D eigenvalue weighted by molar-refractivity contribution is -0.152. The van der Waals surface area contributed by atoms with Crippen LogP contribution in [0.5, 0.6) is 17.2 Å². The van der Waals surface area contributed by atoms with Gasteiger partial charge in [0, 0.05) is 11.7 Å². The number of aryl methyl sites for hydroxylation is 1. The van der Waals surface area contributed by atoms with Gasteiger partial charge < -0.3 is 25.2 Å². The summed E-state index contributed by atoms with van der Waals surface area (Å²) in [6.45, 7) is 3.42. The van der Waals surface area contributed by atoms with Crippen molar-refractivity contribution in [3.05, 3.63) is 46.5 Å². The number of phenols is 1. The van der Waals surface area contributed by atoms with Crippen molar-refractivity contribution in [2.75, 3.05) is 11.9 Å². The number of halogens is 1. The summed E-state index contributed by atoms with van der Waals surface area (Å²) in [6.07, 6.45) is 4.52. The van der Waals surface area contributed by atoms with Crippen LogP contribution in [-0.4, -0.2) is 35.5 Å². The standard InChI is InChI=1S/C25H27ClN2O6/c1-3-33-25(32)24(31)27-16-8-13(2)22(19(26)11-16)34-17-6-7-21(29)18(12-17)23(30)28-20-10-14-4-5-15(20)9-14/h6-8,11-12,14-15,20,29H,3-5,9-10H2,1-2H3,(H,27,31)(H,28,30). The molecule has 180 valence electrons. The number of hydrogen-bond donors (Lipinski definition) is 3. The van der Waals surface area contributed by atoms with Gasteiger partial charge >= 0.3 is 11.9 Å². The van der Waals surface area contributed by atoms with Gasteiger partial charge in [-0.25, -0.2) is 4.79 Å². The number of amides is 2. The molecule has 2 saturated carbocycles. The minimum Gasteiger partial charge on any atom is -0.507 e. The van der Waals surface area contributed by atoms with Gasteiger partial charge in [0.2, 0.25) is 0 Å². The first-order chi connectivity index (χ1) is 16.2. The molecule has 2 aromatic carbocycles. The Morgan fingerprint density at radius 1 is 1.15 bits per heavy atom. The molecule has 4 rings (SSSR count). The smallest absolute Gasteiger partial charge is 0.397 e. The summed E-state index contributed by atoms with van der Waals surface area (Å²) in [6, 6.07) is 7.61. The number of aromatic hydroxyl groups is 1. The molecule has 2 aromatic rings. The number of anilines is 1. The fourth-order valence-corrected chi connectivity index (χ4v) is 5.16. The maximum atomic E-state index is 12.9. The van der Waals surface area contributed by atoms with Gasteiger partial charge in [0.15, 0.2) is 0 Å². The van der Waals surface area contributed by atoms with Crippen LogP contribution in [-0.2, 0) is 14.3 Å². The summed E-state index contributed by atoms with van der Waals surface area (Å²) in [5, 5.41) is 16.0. The van der Waals surface area contributed by atoms with Crippen LogP contribution in [0.15, 0.2) is 30.3 Å². The Balaban J connectivity index is 1.47. The third-order valence-electron chi connectivity index (χ3n) is 6.44. The zero-order valence-electron chi connectivity index (χ0n) is 19.0. The number of phenolic OH excluding ortho intramolecular Hbond substituents is 1. The molecule has 3 atom stereocenters. The van der Waals surface area contributed by atoms with Crippen LogP contribution in [0, 0.1) is 18.8 Å². The van der Waals surface area contributed by atoms with Gasteiger partial charge in [0.1, 0.15) is 17.2 Å². The number of rotatable bonds is 6. The SMILES string of the molecule is CCOC(=O)C(=O)Nc1cc(C)c(Oc2ccc(O)c(C(=O)NC3CC4CCC3C4)c2)c(Cl)c1. The Labute approximate surface area is 202 Å². The molecule has 9 heteroatoms. The second-order valence-corrected chi connectivity index (χ2v) is 9.22. The van der Waals surface area contributed by atoms with Crippen molar-refractivity contribution in [1.82, 2.24) is 5.32 Å². The van der Waals surface area contributed by atoms with Crippen molar-refractivity contribution < 1.29 is 29.0 Å². The molecular weight excluding hydrogens is 460 g/mol. The maximum absolute atomic E-state index is 12.9. The monoisotopic (exact) mass is 486 g/mol. The van der Waals surface area contributed by atoms with Crippen LogP contribution >= 0.6 is 11.6 Å². The van der Waals surface area contributed by atoms with E-state index in [1.54, 1.807) is 19.9 Å². The minimum absolute atomic E-state index is 0.0905. The topological polar surface area (TPSA) is 114 Å². The average Bonchev–Trinajstić information content (AvgIpc) is 3.40. The van der Waals surface area contributed by atoms with E-state index in [1.165, 1.54) is 30.7 Å². The minimum atomic E-state index is -0.989. The lowest BCUT2D eigenvalue weighted by atomic mass is 9.95. The van der Waals surface area contributed by atoms with Crippen LogP contribution < -0.4 is 15.4 Å². The molecule has 0 saturated heterocycles. The molecule has 0 heterocycles. The van der Waals surface area contributed by atoms with Crippen molar-refractivity contribution in [2.24, 2.45) is 11.8 Å². The van der Waals surface area contributed by atoms with E-state index >= 15 is 0 Å². The number of esters is 1. The highest BCUT2D eigenvalue weighted by molar-refractivity contribution is 6.37. The van der Waals surface area contributed by atoms with Gasteiger partial charge in [0.05, 0.1) is 17.2 Å². The van der Waals surface area contributed by atoms with Gasteiger partial charge in [-0.15, -0.1) is 0 Å². The van der Waals surface area contributed by atoms with E-state index in [0.29, 0.717) is 34.6 Å².